The van der Waals surface area contributed by atoms with Crippen molar-refractivity contribution < 1.29 is 4.79 Å². The van der Waals surface area contributed by atoms with Crippen LogP contribution in [0.15, 0.2) is 41.0 Å². The number of amides is 1. The first-order valence-corrected chi connectivity index (χ1v) is 7.78. The number of carbonyl (C=O) groups excluding carboxylic acids is 1. The van der Waals surface area contributed by atoms with Crippen LogP contribution in [0.1, 0.15) is 17.4 Å². The molecule has 1 atom stereocenters. The van der Waals surface area contributed by atoms with Crippen molar-refractivity contribution in [1.82, 2.24) is 20.0 Å². The fraction of sp³-hybridized carbons (Fsp3) is 0.333. The van der Waals surface area contributed by atoms with Gasteiger partial charge in [0.05, 0.1) is 5.69 Å². The van der Waals surface area contributed by atoms with Crippen LogP contribution in [0.4, 0.5) is 0 Å². The van der Waals surface area contributed by atoms with E-state index in [2.05, 4.69) is 33.3 Å². The standard InChI is InChI=1S/C15H17BrN4O.ClH/c1-11-10-17-6-8-19(11)15(21)14-5-7-20(18-14)13-4-2-3-12(16)9-13;/h2-5,7,9,11,17H,6,8,10H2,1H3;1H. The van der Waals surface area contributed by atoms with E-state index in [0.717, 1.165) is 29.8 Å². The third kappa shape index (κ3) is 3.51. The van der Waals surface area contributed by atoms with Crippen molar-refractivity contribution in [2.75, 3.05) is 19.6 Å². The van der Waals surface area contributed by atoms with Gasteiger partial charge in [-0.1, -0.05) is 22.0 Å². The van der Waals surface area contributed by atoms with E-state index in [9.17, 15) is 4.79 Å². The van der Waals surface area contributed by atoms with Crippen LogP contribution < -0.4 is 5.32 Å². The number of benzene rings is 1. The molecule has 5 nitrogen and oxygen atoms in total. The largest absolute Gasteiger partial charge is 0.332 e. The van der Waals surface area contributed by atoms with Crippen molar-refractivity contribution in [1.29, 1.82) is 0 Å². The Balaban J connectivity index is 0.00000176. The van der Waals surface area contributed by atoms with Crippen molar-refractivity contribution in [2.45, 2.75) is 13.0 Å². The van der Waals surface area contributed by atoms with Crippen molar-refractivity contribution in [3.8, 4) is 5.69 Å². The highest BCUT2D eigenvalue weighted by Gasteiger charge is 2.25. The SMILES string of the molecule is CC1CNCCN1C(=O)c1ccn(-c2cccc(Br)c2)n1.Cl. The van der Waals surface area contributed by atoms with Gasteiger partial charge in [0, 0.05) is 36.3 Å². The highest BCUT2D eigenvalue weighted by molar-refractivity contribution is 9.10. The van der Waals surface area contributed by atoms with Crippen LogP contribution in [0.3, 0.4) is 0 Å². The van der Waals surface area contributed by atoms with Gasteiger partial charge in [-0.2, -0.15) is 5.10 Å². The summed E-state index contributed by atoms with van der Waals surface area (Å²) in [5, 5.41) is 7.70. The molecule has 2 aromatic rings. The maximum atomic E-state index is 12.5. The monoisotopic (exact) mass is 384 g/mol. The molecule has 1 N–H and O–H groups in total. The molecule has 0 bridgehead atoms. The van der Waals surface area contributed by atoms with E-state index in [4.69, 9.17) is 0 Å². The number of rotatable bonds is 2. The second-order valence-corrected chi connectivity index (χ2v) is 6.09. The Morgan fingerprint density at radius 3 is 2.95 bits per heavy atom. The molecular formula is C15H18BrClN4O. The molecule has 7 heteroatoms. The van der Waals surface area contributed by atoms with Crippen LogP contribution >= 0.6 is 28.3 Å². The summed E-state index contributed by atoms with van der Waals surface area (Å²) in [5.74, 6) is -0.00209. The Bertz CT molecular complexity index is 660. The third-order valence-electron chi connectivity index (χ3n) is 3.64. The Labute approximate surface area is 144 Å². The van der Waals surface area contributed by atoms with E-state index >= 15 is 0 Å². The average Bonchev–Trinajstić information content (AvgIpc) is 2.97. The van der Waals surface area contributed by atoms with E-state index in [0.29, 0.717) is 5.69 Å². The zero-order chi connectivity index (χ0) is 14.8. The quantitative estimate of drug-likeness (QED) is 0.864. The second kappa shape index (κ2) is 7.26. The summed E-state index contributed by atoms with van der Waals surface area (Å²) in [6.45, 7) is 4.44. The summed E-state index contributed by atoms with van der Waals surface area (Å²) in [6.07, 6.45) is 1.82. The fourth-order valence-corrected chi connectivity index (χ4v) is 2.88. The first-order chi connectivity index (χ1) is 10.1. The van der Waals surface area contributed by atoms with Gasteiger partial charge in [-0.15, -0.1) is 12.4 Å². The molecular weight excluding hydrogens is 368 g/mol. The van der Waals surface area contributed by atoms with Gasteiger partial charge < -0.3 is 10.2 Å². The van der Waals surface area contributed by atoms with E-state index in [1.807, 2.05) is 35.4 Å². The minimum atomic E-state index is -0.00209. The highest BCUT2D eigenvalue weighted by Crippen LogP contribution is 2.16. The lowest BCUT2D eigenvalue weighted by Crippen LogP contribution is -2.52. The summed E-state index contributed by atoms with van der Waals surface area (Å²) >= 11 is 3.44. The lowest BCUT2D eigenvalue weighted by Gasteiger charge is -2.33. The van der Waals surface area contributed by atoms with Crippen molar-refractivity contribution in [2.24, 2.45) is 0 Å². The Hall–Kier alpha value is -1.37. The molecule has 3 rings (SSSR count). The van der Waals surface area contributed by atoms with E-state index in [1.54, 1.807) is 10.7 Å². The van der Waals surface area contributed by atoms with E-state index in [-0.39, 0.29) is 24.4 Å². The van der Waals surface area contributed by atoms with Crippen LogP contribution in [0.5, 0.6) is 0 Å². The summed E-state index contributed by atoms with van der Waals surface area (Å²) in [7, 11) is 0. The molecule has 22 heavy (non-hydrogen) atoms. The lowest BCUT2D eigenvalue weighted by molar-refractivity contribution is 0.0649. The number of hydrogen-bond donors (Lipinski definition) is 1. The van der Waals surface area contributed by atoms with E-state index < -0.39 is 0 Å². The predicted molar refractivity (Wildman–Crippen MR) is 91.9 cm³/mol. The third-order valence-corrected chi connectivity index (χ3v) is 4.14. The van der Waals surface area contributed by atoms with Crippen molar-refractivity contribution in [3.63, 3.8) is 0 Å². The fourth-order valence-electron chi connectivity index (χ4n) is 2.49. The van der Waals surface area contributed by atoms with Gasteiger partial charge in [-0.25, -0.2) is 4.68 Å². The number of hydrogen-bond acceptors (Lipinski definition) is 3. The molecule has 0 saturated carbocycles. The zero-order valence-corrected chi connectivity index (χ0v) is 14.6. The number of carbonyl (C=O) groups is 1. The molecule has 1 unspecified atom stereocenters. The molecule has 1 amide bonds. The molecule has 1 aromatic heterocycles. The van der Waals surface area contributed by atoms with Crippen LogP contribution in [0.2, 0.25) is 0 Å². The minimum Gasteiger partial charge on any atom is -0.332 e. The first-order valence-electron chi connectivity index (χ1n) is 6.98. The number of halogens is 2. The topological polar surface area (TPSA) is 50.2 Å². The summed E-state index contributed by atoms with van der Waals surface area (Å²) in [6, 6.07) is 9.80. The zero-order valence-electron chi connectivity index (χ0n) is 12.2. The van der Waals surface area contributed by atoms with Crippen LogP contribution in [-0.4, -0.2) is 46.3 Å². The maximum absolute atomic E-state index is 12.5. The minimum absolute atomic E-state index is 0. The Kier molecular flexibility index (Phi) is 5.61. The van der Waals surface area contributed by atoms with Gasteiger partial charge in [0.15, 0.2) is 5.69 Å². The average molecular weight is 386 g/mol. The second-order valence-electron chi connectivity index (χ2n) is 5.18. The molecule has 1 saturated heterocycles. The normalized spacial score (nSPS) is 17.9. The molecule has 0 spiro atoms. The van der Waals surface area contributed by atoms with Gasteiger partial charge in [-0.3, -0.25) is 4.79 Å². The number of nitrogens with zero attached hydrogens (tertiary/aromatic N) is 3. The van der Waals surface area contributed by atoms with Crippen LogP contribution in [0, 0.1) is 0 Å². The summed E-state index contributed by atoms with van der Waals surface area (Å²) in [5.41, 5.74) is 1.42. The number of piperazine rings is 1. The molecule has 1 fully saturated rings. The van der Waals surface area contributed by atoms with Gasteiger partial charge in [0.1, 0.15) is 0 Å². The Morgan fingerprint density at radius 1 is 1.41 bits per heavy atom. The molecule has 0 radical (unpaired) electrons. The molecule has 1 aliphatic rings. The molecule has 1 aliphatic heterocycles. The predicted octanol–water partition coefficient (Wildman–Crippen LogP) is 2.49. The van der Waals surface area contributed by atoms with Crippen LogP contribution in [0.25, 0.3) is 5.69 Å². The maximum Gasteiger partial charge on any atom is 0.274 e. The van der Waals surface area contributed by atoms with Crippen LogP contribution in [-0.2, 0) is 0 Å². The Morgan fingerprint density at radius 2 is 2.23 bits per heavy atom. The molecule has 2 heterocycles. The van der Waals surface area contributed by atoms with Gasteiger partial charge in [0.25, 0.3) is 5.91 Å². The number of aromatic nitrogens is 2. The smallest absolute Gasteiger partial charge is 0.274 e. The number of nitrogens with one attached hydrogen (secondary N) is 1. The van der Waals surface area contributed by atoms with Gasteiger partial charge in [-0.05, 0) is 31.2 Å². The van der Waals surface area contributed by atoms with Crippen molar-refractivity contribution in [3.05, 3.63) is 46.7 Å². The van der Waals surface area contributed by atoms with Gasteiger partial charge >= 0.3 is 0 Å². The van der Waals surface area contributed by atoms with Gasteiger partial charge in [0.2, 0.25) is 0 Å². The summed E-state index contributed by atoms with van der Waals surface area (Å²) < 4.78 is 2.71. The molecule has 1 aromatic carbocycles. The lowest BCUT2D eigenvalue weighted by atomic mass is 10.2. The molecule has 0 aliphatic carbocycles. The first kappa shape index (κ1) is 17.0. The van der Waals surface area contributed by atoms with E-state index in [1.165, 1.54) is 0 Å². The highest BCUT2D eigenvalue weighted by atomic mass is 79.9. The molecule has 118 valence electrons. The summed E-state index contributed by atoms with van der Waals surface area (Å²) in [4.78, 5) is 14.4. The van der Waals surface area contributed by atoms with Crippen molar-refractivity contribution >= 4 is 34.2 Å².